The van der Waals surface area contributed by atoms with Crippen molar-refractivity contribution in [1.29, 1.82) is 0 Å². The zero-order valence-corrected chi connectivity index (χ0v) is 8.03. The lowest BCUT2D eigenvalue weighted by molar-refractivity contribution is 0.276. The Morgan fingerprint density at radius 3 is 2.54 bits per heavy atom. The van der Waals surface area contributed by atoms with Crippen LogP contribution in [0.25, 0.3) is 0 Å². The molecule has 1 aromatic rings. The SMILES string of the molecule is CNC(CCCO)c1ccccc1. The van der Waals surface area contributed by atoms with E-state index in [4.69, 9.17) is 5.11 Å². The predicted molar refractivity (Wildman–Crippen MR) is 54.6 cm³/mol. The van der Waals surface area contributed by atoms with Crippen LogP contribution in [-0.2, 0) is 0 Å². The summed E-state index contributed by atoms with van der Waals surface area (Å²) in [7, 11) is 1.95. The first-order valence-corrected chi connectivity index (χ1v) is 4.71. The molecule has 2 heteroatoms. The van der Waals surface area contributed by atoms with E-state index < -0.39 is 0 Å². The molecule has 0 spiro atoms. The highest BCUT2D eigenvalue weighted by molar-refractivity contribution is 5.18. The third-order valence-electron chi connectivity index (χ3n) is 2.20. The van der Waals surface area contributed by atoms with Crippen molar-refractivity contribution >= 4 is 0 Å². The summed E-state index contributed by atoms with van der Waals surface area (Å²) in [5.74, 6) is 0. The van der Waals surface area contributed by atoms with Crippen LogP contribution in [0.1, 0.15) is 24.4 Å². The molecule has 72 valence electrons. The number of hydrogen-bond donors (Lipinski definition) is 2. The molecule has 0 aliphatic carbocycles. The van der Waals surface area contributed by atoms with Crippen LogP contribution in [0.5, 0.6) is 0 Å². The molecule has 2 N–H and O–H groups in total. The van der Waals surface area contributed by atoms with Gasteiger partial charge in [-0.1, -0.05) is 30.3 Å². The Labute approximate surface area is 79.6 Å². The van der Waals surface area contributed by atoms with Crippen molar-refractivity contribution in [3.05, 3.63) is 35.9 Å². The fourth-order valence-corrected chi connectivity index (χ4v) is 1.46. The van der Waals surface area contributed by atoms with Crippen molar-refractivity contribution in [1.82, 2.24) is 5.32 Å². The lowest BCUT2D eigenvalue weighted by Gasteiger charge is -2.15. The maximum atomic E-state index is 8.73. The maximum Gasteiger partial charge on any atom is 0.0431 e. The van der Waals surface area contributed by atoms with E-state index in [0.29, 0.717) is 6.04 Å². The van der Waals surface area contributed by atoms with Gasteiger partial charge in [-0.25, -0.2) is 0 Å². The monoisotopic (exact) mass is 179 g/mol. The normalized spacial score (nSPS) is 12.8. The maximum absolute atomic E-state index is 8.73. The summed E-state index contributed by atoms with van der Waals surface area (Å²) in [6.45, 7) is 0.269. The Hall–Kier alpha value is -0.860. The van der Waals surface area contributed by atoms with E-state index in [1.807, 2.05) is 25.2 Å². The molecule has 1 aromatic carbocycles. The molecule has 0 heterocycles. The van der Waals surface area contributed by atoms with Crippen molar-refractivity contribution in [2.24, 2.45) is 0 Å². The van der Waals surface area contributed by atoms with Gasteiger partial charge in [-0.2, -0.15) is 0 Å². The van der Waals surface area contributed by atoms with E-state index in [9.17, 15) is 0 Å². The first kappa shape index (κ1) is 10.2. The molecule has 0 amide bonds. The van der Waals surface area contributed by atoms with E-state index in [-0.39, 0.29) is 6.61 Å². The first-order chi connectivity index (χ1) is 6.38. The lowest BCUT2D eigenvalue weighted by atomic mass is 10.0. The third kappa shape index (κ3) is 3.17. The van der Waals surface area contributed by atoms with Crippen LogP contribution in [0, 0.1) is 0 Å². The zero-order chi connectivity index (χ0) is 9.52. The van der Waals surface area contributed by atoms with Crippen molar-refractivity contribution in [2.45, 2.75) is 18.9 Å². The number of nitrogens with one attached hydrogen (secondary N) is 1. The minimum absolute atomic E-state index is 0.269. The van der Waals surface area contributed by atoms with Crippen LogP contribution in [0.4, 0.5) is 0 Å². The Bertz CT molecular complexity index is 223. The van der Waals surface area contributed by atoms with Crippen LogP contribution in [0.15, 0.2) is 30.3 Å². The number of benzene rings is 1. The van der Waals surface area contributed by atoms with Gasteiger partial charge in [0.2, 0.25) is 0 Å². The van der Waals surface area contributed by atoms with E-state index in [1.165, 1.54) is 5.56 Å². The fourth-order valence-electron chi connectivity index (χ4n) is 1.46. The van der Waals surface area contributed by atoms with Gasteiger partial charge in [-0.05, 0) is 25.5 Å². The average Bonchev–Trinajstić information content (AvgIpc) is 2.21. The minimum Gasteiger partial charge on any atom is -0.396 e. The first-order valence-electron chi connectivity index (χ1n) is 4.71. The molecule has 0 saturated carbocycles. The van der Waals surface area contributed by atoms with Gasteiger partial charge >= 0.3 is 0 Å². The Balaban J connectivity index is 2.56. The molecule has 13 heavy (non-hydrogen) atoms. The molecule has 0 aromatic heterocycles. The van der Waals surface area contributed by atoms with Crippen molar-refractivity contribution in [3.63, 3.8) is 0 Å². The Morgan fingerprint density at radius 1 is 1.31 bits per heavy atom. The van der Waals surface area contributed by atoms with Crippen molar-refractivity contribution in [2.75, 3.05) is 13.7 Å². The molecule has 2 nitrogen and oxygen atoms in total. The molecule has 0 fully saturated rings. The lowest BCUT2D eigenvalue weighted by Crippen LogP contribution is -2.16. The molecule has 0 aliphatic rings. The summed E-state index contributed by atoms with van der Waals surface area (Å²) >= 11 is 0. The molecule has 1 rings (SSSR count). The summed E-state index contributed by atoms with van der Waals surface area (Å²) in [5, 5.41) is 12.0. The van der Waals surface area contributed by atoms with Crippen LogP contribution < -0.4 is 5.32 Å². The standard InChI is InChI=1S/C11H17NO/c1-12-11(8-5-9-13)10-6-3-2-4-7-10/h2-4,6-7,11-13H,5,8-9H2,1H3. The van der Waals surface area contributed by atoms with Gasteiger partial charge in [-0.3, -0.25) is 0 Å². The molecule has 0 saturated heterocycles. The van der Waals surface area contributed by atoms with Gasteiger partial charge < -0.3 is 10.4 Å². The molecular formula is C11H17NO. The second-order valence-corrected chi connectivity index (χ2v) is 3.12. The second-order valence-electron chi connectivity index (χ2n) is 3.12. The van der Waals surface area contributed by atoms with Crippen molar-refractivity contribution < 1.29 is 5.11 Å². The summed E-state index contributed by atoms with van der Waals surface area (Å²) in [5.41, 5.74) is 1.29. The second kappa shape index (κ2) is 5.73. The van der Waals surface area contributed by atoms with Gasteiger partial charge in [0, 0.05) is 12.6 Å². The van der Waals surface area contributed by atoms with E-state index in [2.05, 4.69) is 17.4 Å². The van der Waals surface area contributed by atoms with Crippen LogP contribution in [0.2, 0.25) is 0 Å². The summed E-state index contributed by atoms with van der Waals surface area (Å²) in [4.78, 5) is 0. The highest BCUT2D eigenvalue weighted by Crippen LogP contribution is 2.16. The fraction of sp³-hybridized carbons (Fsp3) is 0.455. The smallest absolute Gasteiger partial charge is 0.0431 e. The zero-order valence-electron chi connectivity index (χ0n) is 8.03. The van der Waals surface area contributed by atoms with Gasteiger partial charge in [-0.15, -0.1) is 0 Å². The van der Waals surface area contributed by atoms with E-state index in [1.54, 1.807) is 0 Å². The Kier molecular flexibility index (Phi) is 4.50. The number of hydrogen-bond acceptors (Lipinski definition) is 2. The van der Waals surface area contributed by atoms with Gasteiger partial charge in [0.1, 0.15) is 0 Å². The molecule has 0 bridgehead atoms. The van der Waals surface area contributed by atoms with Gasteiger partial charge in [0.15, 0.2) is 0 Å². The van der Waals surface area contributed by atoms with Gasteiger partial charge in [0.25, 0.3) is 0 Å². The highest BCUT2D eigenvalue weighted by atomic mass is 16.2. The number of aliphatic hydroxyl groups excluding tert-OH is 1. The van der Waals surface area contributed by atoms with E-state index in [0.717, 1.165) is 12.8 Å². The quantitative estimate of drug-likeness (QED) is 0.721. The Morgan fingerprint density at radius 2 is 2.00 bits per heavy atom. The molecule has 0 radical (unpaired) electrons. The van der Waals surface area contributed by atoms with Crippen LogP contribution >= 0.6 is 0 Å². The molecular weight excluding hydrogens is 162 g/mol. The van der Waals surface area contributed by atoms with Crippen molar-refractivity contribution in [3.8, 4) is 0 Å². The number of rotatable bonds is 5. The topological polar surface area (TPSA) is 32.3 Å². The van der Waals surface area contributed by atoms with Crippen LogP contribution in [0.3, 0.4) is 0 Å². The molecule has 0 aliphatic heterocycles. The summed E-state index contributed by atoms with van der Waals surface area (Å²) < 4.78 is 0. The summed E-state index contributed by atoms with van der Waals surface area (Å²) in [6.07, 6.45) is 1.83. The summed E-state index contributed by atoms with van der Waals surface area (Å²) in [6, 6.07) is 10.7. The largest absolute Gasteiger partial charge is 0.396 e. The van der Waals surface area contributed by atoms with Crippen LogP contribution in [-0.4, -0.2) is 18.8 Å². The highest BCUT2D eigenvalue weighted by Gasteiger charge is 2.06. The predicted octanol–water partition coefficient (Wildman–Crippen LogP) is 1.72. The molecule has 1 atom stereocenters. The third-order valence-corrected chi connectivity index (χ3v) is 2.20. The van der Waals surface area contributed by atoms with Gasteiger partial charge in [0.05, 0.1) is 0 Å². The average molecular weight is 179 g/mol. The minimum atomic E-state index is 0.269. The van der Waals surface area contributed by atoms with E-state index >= 15 is 0 Å². The number of aliphatic hydroxyl groups is 1. The molecule has 1 unspecified atom stereocenters.